The summed E-state index contributed by atoms with van der Waals surface area (Å²) in [6, 6.07) is 3.99. The summed E-state index contributed by atoms with van der Waals surface area (Å²) < 4.78 is 0. The van der Waals surface area contributed by atoms with Gasteiger partial charge in [-0.25, -0.2) is 9.78 Å². The number of hydrogen-bond acceptors (Lipinski definition) is 5. The average molecular weight is 361 g/mol. The first kappa shape index (κ1) is 18.4. The number of carbonyl (C=O) groups excluding carboxylic acids is 1. The number of nitrogens with two attached hydrogens (primary N) is 1. The summed E-state index contributed by atoms with van der Waals surface area (Å²) in [5.41, 5.74) is 6.60. The van der Waals surface area contributed by atoms with Crippen molar-refractivity contribution in [2.45, 2.75) is 38.3 Å². The van der Waals surface area contributed by atoms with Gasteiger partial charge in [0.1, 0.15) is 5.82 Å². The number of nitrogens with one attached hydrogen (secondary N) is 1. The maximum Gasteiger partial charge on any atom is 0.317 e. The summed E-state index contributed by atoms with van der Waals surface area (Å²) in [7, 11) is 0. The third-order valence-electron chi connectivity index (χ3n) is 5.34. The molecule has 8 nitrogen and oxygen atoms in total. The van der Waals surface area contributed by atoms with E-state index in [1.54, 1.807) is 6.20 Å². The fourth-order valence-corrected chi connectivity index (χ4v) is 3.61. The van der Waals surface area contributed by atoms with Crippen LogP contribution in [-0.2, 0) is 11.3 Å². The van der Waals surface area contributed by atoms with E-state index >= 15 is 0 Å². The molecular formula is C18H27N5O3. The van der Waals surface area contributed by atoms with E-state index in [1.807, 2.05) is 17.0 Å². The van der Waals surface area contributed by atoms with Crippen molar-refractivity contribution in [1.82, 2.24) is 15.2 Å². The first-order chi connectivity index (χ1) is 12.6. The highest BCUT2D eigenvalue weighted by Crippen LogP contribution is 2.24. The summed E-state index contributed by atoms with van der Waals surface area (Å²) in [5.74, 6) is -0.0712. The van der Waals surface area contributed by atoms with Gasteiger partial charge in [-0.1, -0.05) is 6.07 Å². The van der Waals surface area contributed by atoms with E-state index in [2.05, 4.69) is 15.2 Å². The first-order valence-corrected chi connectivity index (χ1v) is 9.25. The number of pyridine rings is 1. The second-order valence-electron chi connectivity index (χ2n) is 7.04. The molecule has 2 heterocycles. The number of nitrogens with zero attached hydrogens (tertiary/aromatic N) is 3. The zero-order valence-electron chi connectivity index (χ0n) is 14.9. The van der Waals surface area contributed by atoms with Gasteiger partial charge in [0, 0.05) is 45.0 Å². The topological polar surface area (TPSA) is 112 Å². The maximum atomic E-state index is 12.5. The van der Waals surface area contributed by atoms with Crippen LogP contribution in [0.1, 0.15) is 31.2 Å². The van der Waals surface area contributed by atoms with Crippen molar-refractivity contribution in [2.75, 3.05) is 31.1 Å². The molecule has 4 N–H and O–H groups in total. The number of piperazine rings is 1. The zero-order chi connectivity index (χ0) is 18.5. The molecule has 1 aliphatic heterocycles. The van der Waals surface area contributed by atoms with Crippen LogP contribution in [0.15, 0.2) is 18.3 Å². The van der Waals surface area contributed by atoms with Crippen LogP contribution in [0.5, 0.6) is 0 Å². The van der Waals surface area contributed by atoms with Crippen molar-refractivity contribution in [3.8, 4) is 0 Å². The van der Waals surface area contributed by atoms with Crippen LogP contribution in [0.3, 0.4) is 0 Å². The molecule has 1 saturated carbocycles. The minimum Gasteiger partial charge on any atom is -0.481 e. The molecule has 26 heavy (non-hydrogen) atoms. The van der Waals surface area contributed by atoms with Crippen LogP contribution in [-0.4, -0.2) is 59.2 Å². The van der Waals surface area contributed by atoms with Gasteiger partial charge < -0.3 is 26.0 Å². The molecule has 2 fully saturated rings. The molecule has 3 rings (SSSR count). The zero-order valence-corrected chi connectivity index (χ0v) is 14.9. The molecular weight excluding hydrogens is 334 g/mol. The molecule has 0 spiro atoms. The lowest BCUT2D eigenvalue weighted by Crippen LogP contribution is -2.54. The molecule has 1 aromatic heterocycles. The Morgan fingerprint density at radius 1 is 1.15 bits per heavy atom. The van der Waals surface area contributed by atoms with Crippen LogP contribution in [0, 0.1) is 5.92 Å². The Morgan fingerprint density at radius 2 is 1.85 bits per heavy atom. The molecule has 142 valence electrons. The van der Waals surface area contributed by atoms with Crippen molar-refractivity contribution in [3.63, 3.8) is 0 Å². The molecule has 1 saturated heterocycles. The Hall–Kier alpha value is -2.35. The maximum absolute atomic E-state index is 12.5. The predicted molar refractivity (Wildman–Crippen MR) is 97.8 cm³/mol. The number of amides is 2. The Morgan fingerprint density at radius 3 is 2.38 bits per heavy atom. The number of carbonyl (C=O) groups is 2. The Labute approximate surface area is 153 Å². The summed E-state index contributed by atoms with van der Waals surface area (Å²) >= 11 is 0. The van der Waals surface area contributed by atoms with Crippen molar-refractivity contribution in [2.24, 2.45) is 11.7 Å². The van der Waals surface area contributed by atoms with Crippen molar-refractivity contribution in [1.29, 1.82) is 0 Å². The van der Waals surface area contributed by atoms with Crippen molar-refractivity contribution >= 4 is 17.8 Å². The lowest BCUT2D eigenvalue weighted by molar-refractivity contribution is -0.142. The minimum atomic E-state index is -0.723. The van der Waals surface area contributed by atoms with Crippen molar-refractivity contribution in [3.05, 3.63) is 23.9 Å². The van der Waals surface area contributed by atoms with Gasteiger partial charge in [-0.05, 0) is 37.3 Å². The molecule has 0 unspecified atom stereocenters. The van der Waals surface area contributed by atoms with E-state index < -0.39 is 5.97 Å². The molecule has 1 aliphatic carbocycles. The van der Waals surface area contributed by atoms with Crippen LogP contribution in [0.25, 0.3) is 0 Å². The predicted octanol–water partition coefficient (Wildman–Crippen LogP) is 1.02. The summed E-state index contributed by atoms with van der Waals surface area (Å²) in [4.78, 5) is 31.9. The summed E-state index contributed by atoms with van der Waals surface area (Å²) in [6.07, 6.45) is 4.54. The highest BCUT2D eigenvalue weighted by atomic mass is 16.4. The number of urea groups is 1. The molecule has 8 heteroatoms. The fraction of sp³-hybridized carbons (Fsp3) is 0.611. The quantitative estimate of drug-likeness (QED) is 0.738. The van der Waals surface area contributed by atoms with Crippen molar-refractivity contribution < 1.29 is 14.7 Å². The third kappa shape index (κ3) is 4.43. The smallest absolute Gasteiger partial charge is 0.317 e. The summed E-state index contributed by atoms with van der Waals surface area (Å²) in [6.45, 7) is 3.27. The Bertz CT molecular complexity index is 620. The molecule has 0 atom stereocenters. The van der Waals surface area contributed by atoms with Gasteiger partial charge >= 0.3 is 12.0 Å². The minimum absolute atomic E-state index is 0.0464. The second-order valence-corrected chi connectivity index (χ2v) is 7.04. The number of rotatable bonds is 4. The van der Waals surface area contributed by atoms with Gasteiger partial charge in [0.25, 0.3) is 0 Å². The fourth-order valence-electron chi connectivity index (χ4n) is 3.61. The van der Waals surface area contributed by atoms with Crippen LogP contribution < -0.4 is 16.0 Å². The molecule has 1 aromatic rings. The number of aromatic nitrogens is 1. The van der Waals surface area contributed by atoms with E-state index in [0.717, 1.165) is 37.3 Å². The summed E-state index contributed by atoms with van der Waals surface area (Å²) in [5, 5.41) is 12.1. The average Bonchev–Trinajstić information content (AvgIpc) is 2.68. The lowest BCUT2D eigenvalue weighted by Gasteiger charge is -2.36. The van der Waals surface area contributed by atoms with Gasteiger partial charge in [-0.2, -0.15) is 0 Å². The highest BCUT2D eigenvalue weighted by molar-refractivity contribution is 5.75. The first-order valence-electron chi connectivity index (χ1n) is 9.25. The van der Waals surface area contributed by atoms with Crippen LogP contribution in [0.4, 0.5) is 10.6 Å². The lowest BCUT2D eigenvalue weighted by atomic mass is 9.86. The molecule has 0 aromatic carbocycles. The second kappa shape index (κ2) is 8.35. The third-order valence-corrected chi connectivity index (χ3v) is 5.34. The Kier molecular flexibility index (Phi) is 5.92. The molecule has 2 aliphatic rings. The Balaban J connectivity index is 1.44. The van der Waals surface area contributed by atoms with E-state index in [9.17, 15) is 9.59 Å². The number of carboxylic acids is 1. The van der Waals surface area contributed by atoms with E-state index in [4.69, 9.17) is 10.8 Å². The van der Waals surface area contributed by atoms with Crippen LogP contribution >= 0.6 is 0 Å². The standard InChI is InChI=1S/C18H27N5O3/c19-11-13-1-6-16(20-12-13)22-7-9-23(10-8-22)18(26)21-15-4-2-14(3-5-15)17(24)25/h1,6,12,14-15H,2-5,7-11,19H2,(H,21,26)(H,24,25). The van der Waals surface area contributed by atoms with Gasteiger partial charge in [0.05, 0.1) is 5.92 Å². The van der Waals surface area contributed by atoms with Gasteiger partial charge in [-0.15, -0.1) is 0 Å². The molecule has 0 bridgehead atoms. The highest BCUT2D eigenvalue weighted by Gasteiger charge is 2.28. The molecule has 2 amide bonds. The number of hydrogen-bond donors (Lipinski definition) is 3. The van der Waals surface area contributed by atoms with Gasteiger partial charge in [0.15, 0.2) is 0 Å². The molecule has 0 radical (unpaired) electrons. The van der Waals surface area contributed by atoms with E-state index in [-0.39, 0.29) is 18.0 Å². The van der Waals surface area contributed by atoms with Gasteiger partial charge in [-0.3, -0.25) is 4.79 Å². The van der Waals surface area contributed by atoms with E-state index in [1.165, 1.54) is 0 Å². The van der Waals surface area contributed by atoms with Gasteiger partial charge in [0.2, 0.25) is 0 Å². The largest absolute Gasteiger partial charge is 0.481 e. The number of aliphatic carboxylic acids is 1. The normalized spacial score (nSPS) is 23.6. The monoisotopic (exact) mass is 361 g/mol. The van der Waals surface area contributed by atoms with Crippen LogP contribution in [0.2, 0.25) is 0 Å². The number of anilines is 1. The SMILES string of the molecule is NCc1ccc(N2CCN(C(=O)NC3CCC(C(=O)O)CC3)CC2)nc1. The number of carboxylic acid groups (broad SMARTS) is 1. The van der Waals surface area contributed by atoms with E-state index in [0.29, 0.717) is 32.5 Å².